The van der Waals surface area contributed by atoms with E-state index in [1.807, 2.05) is 29.2 Å². The lowest BCUT2D eigenvalue weighted by atomic mass is 9.72. The smallest absolute Gasteiger partial charge is 0.390 e. The summed E-state index contributed by atoms with van der Waals surface area (Å²) >= 11 is 0. The van der Waals surface area contributed by atoms with Gasteiger partial charge in [-0.1, -0.05) is 24.3 Å². The normalized spacial score (nSPS) is 24.3. The first-order chi connectivity index (χ1) is 12.7. The molecule has 2 atom stereocenters. The highest BCUT2D eigenvalue weighted by Gasteiger charge is 2.51. The van der Waals surface area contributed by atoms with Crippen LogP contribution >= 0.6 is 0 Å². The van der Waals surface area contributed by atoms with Gasteiger partial charge in [-0.15, -0.1) is 0 Å². The van der Waals surface area contributed by atoms with Crippen molar-refractivity contribution in [2.45, 2.75) is 43.5 Å². The summed E-state index contributed by atoms with van der Waals surface area (Å²) in [4.78, 5) is 6.17. The van der Waals surface area contributed by atoms with Gasteiger partial charge in [0.15, 0.2) is 0 Å². The molecule has 144 valence electrons. The molecule has 0 amide bonds. The molecule has 1 aliphatic heterocycles. The van der Waals surface area contributed by atoms with Crippen molar-refractivity contribution < 1.29 is 18.3 Å². The average Bonchev–Trinajstić information content (AvgIpc) is 2.84. The van der Waals surface area contributed by atoms with Crippen LogP contribution in [0.1, 0.15) is 41.3 Å². The first kappa shape index (κ1) is 18.3. The van der Waals surface area contributed by atoms with Gasteiger partial charge in [0, 0.05) is 24.2 Å². The number of nitrogens with two attached hydrogens (primary N) is 1. The summed E-state index contributed by atoms with van der Waals surface area (Å²) in [6.45, 7) is 2.61. The number of aliphatic hydroxyl groups excluding tert-OH is 1. The van der Waals surface area contributed by atoms with Crippen LogP contribution in [0.15, 0.2) is 36.4 Å². The number of alkyl halides is 3. The van der Waals surface area contributed by atoms with E-state index in [1.165, 1.54) is 0 Å². The van der Waals surface area contributed by atoms with Crippen LogP contribution in [0.4, 0.5) is 19.0 Å². The minimum atomic E-state index is -4.40. The Morgan fingerprint density at radius 3 is 2.52 bits per heavy atom. The molecule has 1 aliphatic carbocycles. The van der Waals surface area contributed by atoms with Crippen LogP contribution in [0.25, 0.3) is 0 Å². The topological polar surface area (TPSA) is 62.4 Å². The van der Waals surface area contributed by atoms with E-state index in [2.05, 4.69) is 4.98 Å². The maximum absolute atomic E-state index is 13.1. The number of aryl methyl sites for hydroxylation is 1. The summed E-state index contributed by atoms with van der Waals surface area (Å²) in [7, 11) is 0. The fourth-order valence-electron chi connectivity index (χ4n) is 4.59. The Balaban J connectivity index is 1.61. The molecular formula is C20H22F3N3O. The molecule has 4 rings (SSSR count). The van der Waals surface area contributed by atoms with Crippen molar-refractivity contribution in [3.63, 3.8) is 0 Å². The molecule has 0 saturated carbocycles. The number of pyridine rings is 1. The lowest BCUT2D eigenvalue weighted by Gasteiger charge is -2.43. The number of aromatic nitrogens is 1. The van der Waals surface area contributed by atoms with Crippen LogP contribution in [0.2, 0.25) is 0 Å². The summed E-state index contributed by atoms with van der Waals surface area (Å²) in [6, 6.07) is 9.54. The monoisotopic (exact) mass is 377 g/mol. The number of anilines is 1. The van der Waals surface area contributed by atoms with Crippen LogP contribution in [0.3, 0.4) is 0 Å². The third kappa shape index (κ3) is 2.89. The lowest BCUT2D eigenvalue weighted by molar-refractivity contribution is -0.137. The zero-order valence-electron chi connectivity index (χ0n) is 15.0. The third-order valence-corrected chi connectivity index (χ3v) is 6.01. The van der Waals surface area contributed by atoms with Gasteiger partial charge in [-0.05, 0) is 43.0 Å². The molecule has 2 aliphatic rings. The molecular weight excluding hydrogens is 355 g/mol. The Hall–Kier alpha value is -2.12. The maximum atomic E-state index is 13.1. The second kappa shape index (κ2) is 6.21. The predicted molar refractivity (Wildman–Crippen MR) is 96.5 cm³/mol. The number of aliphatic hydroxyl groups is 1. The molecule has 4 nitrogen and oxygen atoms in total. The zero-order valence-corrected chi connectivity index (χ0v) is 15.0. The Morgan fingerprint density at radius 1 is 1.19 bits per heavy atom. The first-order valence-corrected chi connectivity index (χ1v) is 9.06. The van der Waals surface area contributed by atoms with Crippen LogP contribution in [-0.4, -0.2) is 29.3 Å². The average molecular weight is 377 g/mol. The molecule has 3 N–H and O–H groups in total. The van der Waals surface area contributed by atoms with E-state index in [-0.39, 0.29) is 0 Å². The zero-order chi connectivity index (χ0) is 19.4. The molecule has 2 heterocycles. The van der Waals surface area contributed by atoms with E-state index < -0.39 is 29.3 Å². The number of nitrogens with zero attached hydrogens (tertiary/aromatic N) is 2. The summed E-state index contributed by atoms with van der Waals surface area (Å²) < 4.78 is 39.4. The molecule has 27 heavy (non-hydrogen) atoms. The van der Waals surface area contributed by atoms with Gasteiger partial charge in [-0.25, -0.2) is 4.98 Å². The van der Waals surface area contributed by atoms with Crippen molar-refractivity contribution in [1.29, 1.82) is 0 Å². The summed E-state index contributed by atoms with van der Waals surface area (Å²) in [5, 5.41) is 10.8. The number of hydrogen-bond acceptors (Lipinski definition) is 4. The highest BCUT2D eigenvalue weighted by Crippen LogP contribution is 2.50. The van der Waals surface area contributed by atoms with Gasteiger partial charge in [0.1, 0.15) is 5.82 Å². The van der Waals surface area contributed by atoms with Crippen molar-refractivity contribution in [1.82, 2.24) is 4.98 Å². The number of fused-ring (bicyclic) bond motifs is 2. The van der Waals surface area contributed by atoms with Crippen LogP contribution < -0.4 is 10.6 Å². The predicted octanol–water partition coefficient (Wildman–Crippen LogP) is 3.32. The molecule has 0 unspecified atom stereocenters. The molecule has 0 radical (unpaired) electrons. The molecule has 2 aromatic rings. The van der Waals surface area contributed by atoms with Gasteiger partial charge < -0.3 is 15.7 Å². The fourth-order valence-corrected chi connectivity index (χ4v) is 4.59. The number of halogens is 3. The second-order valence-electron chi connectivity index (χ2n) is 7.55. The SMILES string of the molecule is Cc1cc(C(F)(F)F)cc(N2CCC3(CC2)c2ccccc2[C@@H](N)[C@@H]3O)n1. The van der Waals surface area contributed by atoms with E-state index in [9.17, 15) is 18.3 Å². The van der Waals surface area contributed by atoms with Crippen LogP contribution in [0, 0.1) is 6.92 Å². The number of hydrogen-bond donors (Lipinski definition) is 2. The summed E-state index contributed by atoms with van der Waals surface area (Å²) in [5.74, 6) is 0.335. The van der Waals surface area contributed by atoms with Crippen molar-refractivity contribution >= 4 is 5.82 Å². The minimum Gasteiger partial charge on any atom is -0.390 e. The van der Waals surface area contributed by atoms with Gasteiger partial charge in [0.25, 0.3) is 0 Å². The Morgan fingerprint density at radius 2 is 1.85 bits per heavy atom. The van der Waals surface area contributed by atoms with E-state index >= 15 is 0 Å². The first-order valence-electron chi connectivity index (χ1n) is 9.06. The van der Waals surface area contributed by atoms with E-state index in [0.717, 1.165) is 23.3 Å². The molecule has 1 spiro atoms. The molecule has 1 fully saturated rings. The van der Waals surface area contributed by atoms with Gasteiger partial charge in [-0.3, -0.25) is 0 Å². The summed E-state index contributed by atoms with van der Waals surface area (Å²) in [5.41, 5.74) is 7.48. The van der Waals surface area contributed by atoms with Gasteiger partial charge >= 0.3 is 6.18 Å². The number of rotatable bonds is 1. The third-order valence-electron chi connectivity index (χ3n) is 6.01. The molecule has 7 heteroatoms. The van der Waals surface area contributed by atoms with Crippen molar-refractivity contribution in [2.24, 2.45) is 5.73 Å². The van der Waals surface area contributed by atoms with Gasteiger partial charge in [0.05, 0.1) is 17.7 Å². The van der Waals surface area contributed by atoms with E-state index in [0.29, 0.717) is 37.4 Å². The molecule has 1 aromatic carbocycles. The van der Waals surface area contributed by atoms with E-state index in [4.69, 9.17) is 5.73 Å². The molecule has 1 saturated heterocycles. The maximum Gasteiger partial charge on any atom is 0.416 e. The minimum absolute atomic E-state index is 0.335. The Kier molecular flexibility index (Phi) is 4.20. The van der Waals surface area contributed by atoms with Crippen molar-refractivity contribution in [2.75, 3.05) is 18.0 Å². The second-order valence-corrected chi connectivity index (χ2v) is 7.55. The Bertz CT molecular complexity index is 860. The standard InChI is InChI=1S/C20H22F3N3O/c1-12-10-13(20(21,22)23)11-16(25-12)26-8-6-19(7-9-26)15-5-3-2-4-14(15)17(24)18(19)27/h2-5,10-11,17-18,27H,6-9,24H2,1H3/t17-,18+/m1/s1. The van der Waals surface area contributed by atoms with Gasteiger partial charge in [-0.2, -0.15) is 13.2 Å². The lowest BCUT2D eigenvalue weighted by Crippen LogP contribution is -2.49. The molecule has 0 bridgehead atoms. The number of piperidine rings is 1. The fraction of sp³-hybridized carbons (Fsp3) is 0.450. The quantitative estimate of drug-likeness (QED) is 0.800. The van der Waals surface area contributed by atoms with Crippen LogP contribution in [0.5, 0.6) is 0 Å². The molecule has 1 aromatic heterocycles. The van der Waals surface area contributed by atoms with E-state index in [1.54, 1.807) is 6.92 Å². The number of benzene rings is 1. The van der Waals surface area contributed by atoms with Crippen molar-refractivity contribution in [3.8, 4) is 0 Å². The summed E-state index contributed by atoms with van der Waals surface area (Å²) in [6.07, 6.45) is -3.84. The highest BCUT2D eigenvalue weighted by molar-refractivity contribution is 5.49. The Labute approximate surface area is 155 Å². The largest absolute Gasteiger partial charge is 0.416 e. The highest BCUT2D eigenvalue weighted by atomic mass is 19.4. The van der Waals surface area contributed by atoms with Gasteiger partial charge in [0.2, 0.25) is 0 Å². The van der Waals surface area contributed by atoms with Crippen LogP contribution in [-0.2, 0) is 11.6 Å². The van der Waals surface area contributed by atoms with Crippen molar-refractivity contribution in [3.05, 3.63) is 58.8 Å².